The van der Waals surface area contributed by atoms with E-state index in [-0.39, 0.29) is 6.54 Å². The minimum absolute atomic E-state index is 0.131. The molecule has 8 heteroatoms. The van der Waals surface area contributed by atoms with Crippen LogP contribution in [-0.4, -0.2) is 43.4 Å². The molecule has 1 aromatic rings. The van der Waals surface area contributed by atoms with E-state index < -0.39 is 6.09 Å². The van der Waals surface area contributed by atoms with Crippen LogP contribution in [0.1, 0.15) is 30.7 Å². The summed E-state index contributed by atoms with van der Waals surface area (Å²) < 4.78 is 10.4. The fourth-order valence-electron chi connectivity index (χ4n) is 2.50. The van der Waals surface area contributed by atoms with E-state index in [9.17, 15) is 4.79 Å². The van der Waals surface area contributed by atoms with E-state index >= 15 is 0 Å². The van der Waals surface area contributed by atoms with Gasteiger partial charge in [-0.1, -0.05) is 6.42 Å². The topological polar surface area (TPSA) is 116 Å². The molecule has 0 atom stereocenters. The van der Waals surface area contributed by atoms with Crippen molar-refractivity contribution in [3.05, 3.63) is 29.2 Å². The number of amides is 1. The van der Waals surface area contributed by atoms with Crippen molar-refractivity contribution in [2.45, 2.75) is 26.2 Å². The van der Waals surface area contributed by atoms with Gasteiger partial charge in [-0.05, 0) is 37.8 Å². The smallest absolute Gasteiger partial charge is 0.407 e. The van der Waals surface area contributed by atoms with Crippen LogP contribution in [0.2, 0.25) is 0 Å². The van der Waals surface area contributed by atoms with Crippen molar-refractivity contribution in [3.8, 4) is 5.75 Å². The number of hydrogen-bond acceptors (Lipinski definition) is 7. The lowest BCUT2D eigenvalue weighted by atomic mass is 9.86. The summed E-state index contributed by atoms with van der Waals surface area (Å²) in [6, 6.07) is 3.66. The summed E-state index contributed by atoms with van der Waals surface area (Å²) in [5, 5.41) is 3.91. The minimum Gasteiger partial charge on any atom is -0.491 e. The molecule has 1 fully saturated rings. The van der Waals surface area contributed by atoms with Gasteiger partial charge in [0.2, 0.25) is 0 Å². The summed E-state index contributed by atoms with van der Waals surface area (Å²) >= 11 is 0. The predicted octanol–water partition coefficient (Wildman–Crippen LogP) is 1.36. The molecule has 1 heterocycles. The Labute approximate surface area is 148 Å². The molecule has 0 aromatic carbocycles. The highest BCUT2D eigenvalue weighted by Crippen LogP contribution is 2.28. The highest BCUT2D eigenvalue weighted by molar-refractivity contribution is 5.69. The minimum atomic E-state index is -0.559. The molecule has 25 heavy (non-hydrogen) atoms. The monoisotopic (exact) mass is 349 g/mol. The molecule has 0 radical (unpaired) electrons. The molecule has 1 aliphatic carbocycles. The van der Waals surface area contributed by atoms with Gasteiger partial charge in [-0.15, -0.1) is 0 Å². The maximum Gasteiger partial charge on any atom is 0.407 e. The number of pyridine rings is 1. The molecular formula is C17H27N5O3. The van der Waals surface area contributed by atoms with Crippen LogP contribution in [0.25, 0.3) is 5.70 Å². The molecule has 1 saturated carbocycles. The van der Waals surface area contributed by atoms with Crippen LogP contribution in [0.5, 0.6) is 5.75 Å². The van der Waals surface area contributed by atoms with Gasteiger partial charge in [0, 0.05) is 7.05 Å². The van der Waals surface area contributed by atoms with Crippen molar-refractivity contribution in [1.29, 1.82) is 0 Å². The first kappa shape index (κ1) is 18.9. The van der Waals surface area contributed by atoms with Crippen LogP contribution >= 0.6 is 0 Å². The van der Waals surface area contributed by atoms with Gasteiger partial charge in [-0.25, -0.2) is 15.6 Å². The van der Waals surface area contributed by atoms with Gasteiger partial charge >= 0.3 is 6.09 Å². The fourth-order valence-corrected chi connectivity index (χ4v) is 2.50. The maximum atomic E-state index is 11.3. The van der Waals surface area contributed by atoms with Crippen molar-refractivity contribution in [2.75, 3.05) is 27.3 Å². The Morgan fingerprint density at radius 1 is 1.44 bits per heavy atom. The highest BCUT2D eigenvalue weighted by Gasteiger charge is 2.19. The van der Waals surface area contributed by atoms with Crippen LogP contribution < -0.4 is 21.6 Å². The standard InChI is InChI=1S/C17H27N5O3/c1-11-15(25-10-12-5-4-6-12)8-7-13(21-11)16(18)14(22(2)19)9-20-17(23)24-3/h7-8,12H,4-6,9-10,18-19H2,1-3H3,(H,20,23)/b16-14-. The summed E-state index contributed by atoms with van der Waals surface area (Å²) in [6.07, 6.45) is 3.20. The molecule has 8 nitrogen and oxygen atoms in total. The molecule has 138 valence electrons. The number of rotatable bonds is 7. The Bertz CT molecular complexity index is 641. The number of likely N-dealkylation sites (N-methyl/N-ethyl adjacent to an activating group) is 1. The Balaban J connectivity index is 2.12. The van der Waals surface area contributed by atoms with Crippen LogP contribution in [0.15, 0.2) is 17.8 Å². The second kappa shape index (κ2) is 8.57. The zero-order chi connectivity index (χ0) is 18.4. The fraction of sp³-hybridized carbons (Fsp3) is 0.529. The van der Waals surface area contributed by atoms with Crippen molar-refractivity contribution >= 4 is 11.8 Å². The molecule has 0 spiro atoms. The molecule has 0 aliphatic heterocycles. The molecule has 5 N–H and O–H groups in total. The van der Waals surface area contributed by atoms with Gasteiger partial charge in [0.25, 0.3) is 0 Å². The first-order valence-corrected chi connectivity index (χ1v) is 8.32. The molecule has 1 aromatic heterocycles. The van der Waals surface area contributed by atoms with Crippen molar-refractivity contribution in [2.24, 2.45) is 17.5 Å². The molecule has 1 amide bonds. The Morgan fingerprint density at radius 3 is 2.68 bits per heavy atom. The number of aromatic nitrogens is 1. The average molecular weight is 349 g/mol. The number of alkyl carbamates (subject to hydrolysis) is 1. The maximum absolute atomic E-state index is 11.3. The second-order valence-corrected chi connectivity index (χ2v) is 6.20. The third-order valence-corrected chi connectivity index (χ3v) is 4.33. The number of hydrogen-bond donors (Lipinski definition) is 3. The number of methoxy groups -OCH3 is 1. The molecule has 0 unspecified atom stereocenters. The first-order valence-electron chi connectivity index (χ1n) is 8.32. The molecular weight excluding hydrogens is 322 g/mol. The van der Waals surface area contributed by atoms with Gasteiger partial charge in [0.05, 0.1) is 43.0 Å². The number of nitrogens with zero attached hydrogens (tertiary/aromatic N) is 2. The third kappa shape index (κ3) is 4.99. The molecule has 0 bridgehead atoms. The van der Waals surface area contributed by atoms with E-state index in [0.717, 1.165) is 18.1 Å². The van der Waals surface area contributed by atoms with E-state index in [4.69, 9.17) is 16.3 Å². The third-order valence-electron chi connectivity index (χ3n) is 4.33. The summed E-state index contributed by atoms with van der Waals surface area (Å²) in [5.41, 5.74) is 8.45. The number of carbonyl (C=O) groups excluding carboxylic acids is 1. The van der Waals surface area contributed by atoms with Gasteiger partial charge in [-0.2, -0.15) is 0 Å². The normalized spacial score (nSPS) is 15.0. The van der Waals surface area contributed by atoms with Crippen molar-refractivity contribution < 1.29 is 14.3 Å². The number of hydrazine groups is 1. The van der Waals surface area contributed by atoms with Gasteiger partial charge in [-0.3, -0.25) is 0 Å². The van der Waals surface area contributed by atoms with E-state index in [1.54, 1.807) is 13.1 Å². The van der Waals surface area contributed by atoms with Crippen LogP contribution in [0.3, 0.4) is 0 Å². The van der Waals surface area contributed by atoms with Gasteiger partial charge < -0.3 is 25.5 Å². The summed E-state index contributed by atoms with van der Waals surface area (Å²) in [7, 11) is 2.94. The van der Waals surface area contributed by atoms with E-state index in [0.29, 0.717) is 23.0 Å². The lowest BCUT2D eigenvalue weighted by molar-refractivity contribution is 0.171. The summed E-state index contributed by atoms with van der Waals surface area (Å²) in [5.74, 6) is 7.25. The lowest BCUT2D eigenvalue weighted by Crippen LogP contribution is -2.36. The predicted molar refractivity (Wildman–Crippen MR) is 95.3 cm³/mol. The molecule has 0 saturated heterocycles. The van der Waals surface area contributed by atoms with Crippen LogP contribution in [0.4, 0.5) is 4.79 Å². The molecule has 1 aliphatic rings. The Morgan fingerprint density at radius 2 is 2.16 bits per heavy atom. The number of nitrogens with one attached hydrogen (secondary N) is 1. The SMILES string of the molecule is COC(=O)NC/C(=C(/N)c1ccc(OCC2CCC2)c(C)n1)N(C)N. The Hall–Kier alpha value is -2.48. The highest BCUT2D eigenvalue weighted by atomic mass is 16.5. The quantitative estimate of drug-likeness (QED) is 0.503. The second-order valence-electron chi connectivity index (χ2n) is 6.20. The number of carbonyl (C=O) groups is 1. The van der Waals surface area contributed by atoms with Crippen LogP contribution in [0, 0.1) is 12.8 Å². The van der Waals surface area contributed by atoms with E-state index in [1.807, 2.05) is 13.0 Å². The number of aryl methyl sites for hydroxylation is 1. The largest absolute Gasteiger partial charge is 0.491 e. The van der Waals surface area contributed by atoms with E-state index in [1.165, 1.54) is 31.4 Å². The van der Waals surface area contributed by atoms with Gasteiger partial charge in [0.1, 0.15) is 5.75 Å². The van der Waals surface area contributed by atoms with Crippen molar-refractivity contribution in [3.63, 3.8) is 0 Å². The molecule has 2 rings (SSSR count). The zero-order valence-corrected chi connectivity index (χ0v) is 15.0. The summed E-state index contributed by atoms with van der Waals surface area (Å²) in [6.45, 7) is 2.74. The van der Waals surface area contributed by atoms with Crippen LogP contribution in [-0.2, 0) is 4.74 Å². The number of nitrogens with two attached hydrogens (primary N) is 2. The first-order chi connectivity index (χ1) is 11.9. The average Bonchev–Trinajstić information content (AvgIpc) is 2.54. The number of ether oxygens (including phenoxy) is 2. The van der Waals surface area contributed by atoms with Gasteiger partial charge in [0.15, 0.2) is 0 Å². The zero-order valence-electron chi connectivity index (χ0n) is 15.0. The lowest BCUT2D eigenvalue weighted by Gasteiger charge is -2.25. The van der Waals surface area contributed by atoms with E-state index in [2.05, 4.69) is 15.0 Å². The summed E-state index contributed by atoms with van der Waals surface area (Å²) in [4.78, 5) is 15.8. The van der Waals surface area contributed by atoms with Crippen molar-refractivity contribution in [1.82, 2.24) is 15.3 Å². The Kier molecular flexibility index (Phi) is 6.46.